The van der Waals surface area contributed by atoms with Crippen LogP contribution < -0.4 is 9.80 Å². The molecule has 2 aromatic heterocycles. The van der Waals surface area contributed by atoms with Crippen molar-refractivity contribution in [1.29, 1.82) is 0 Å². The number of rotatable bonds is 7. The summed E-state index contributed by atoms with van der Waals surface area (Å²) in [5.74, 6) is 0. The van der Waals surface area contributed by atoms with E-state index in [4.69, 9.17) is 0 Å². The Morgan fingerprint density at radius 2 is 0.615 bits per heavy atom. The van der Waals surface area contributed by atoms with Gasteiger partial charge in [0, 0.05) is 0 Å². The Hall–Kier alpha value is -5.60. The van der Waals surface area contributed by atoms with Gasteiger partial charge in [-0.25, -0.2) is 0 Å². The first kappa shape index (κ1) is 31.2. The van der Waals surface area contributed by atoms with Gasteiger partial charge in [-0.3, -0.25) is 0 Å². The minimum atomic E-state index is 0.246. The van der Waals surface area contributed by atoms with Crippen LogP contribution in [0.2, 0.25) is 0 Å². The van der Waals surface area contributed by atoms with Gasteiger partial charge < -0.3 is 0 Å². The molecule has 8 aromatic carbocycles. The van der Waals surface area contributed by atoms with Crippen molar-refractivity contribution < 1.29 is 0 Å². The summed E-state index contributed by atoms with van der Waals surface area (Å²) in [6.07, 6.45) is 0. The first-order chi connectivity index (χ1) is 25.8. The van der Waals surface area contributed by atoms with Gasteiger partial charge in [-0.05, 0) is 0 Å². The number of fused-ring (bicyclic) bond motifs is 6. The summed E-state index contributed by atoms with van der Waals surface area (Å²) < 4.78 is 5.80. The Bertz CT molecular complexity index is 2640. The number of hydrogen-bond acceptors (Lipinski definition) is 2. The van der Waals surface area contributed by atoms with E-state index in [0.29, 0.717) is 0 Å². The average Bonchev–Trinajstić information content (AvgIpc) is 3.79. The third-order valence-electron chi connectivity index (χ3n) is 9.86. The van der Waals surface area contributed by atoms with E-state index in [0.717, 1.165) is 22.7 Å². The zero-order valence-electron chi connectivity index (χ0n) is 28.2. The van der Waals surface area contributed by atoms with E-state index >= 15 is 0 Å². The van der Waals surface area contributed by atoms with Crippen LogP contribution in [0.25, 0.3) is 49.7 Å². The Morgan fingerprint density at radius 1 is 0.269 bits per heavy atom. The van der Waals surface area contributed by atoms with Crippen molar-refractivity contribution in [3.8, 4) is 11.1 Å². The van der Waals surface area contributed by atoms with Crippen molar-refractivity contribution in [2.24, 2.45) is 0 Å². The number of nitrogens with zero attached hydrogens (tertiary/aromatic N) is 2. The second kappa shape index (κ2) is 13.2. The van der Waals surface area contributed by atoms with Crippen LogP contribution in [-0.2, 0) is 0 Å². The molecule has 0 aliphatic rings. The molecule has 0 aliphatic carbocycles. The Morgan fingerprint density at radius 3 is 1.04 bits per heavy atom. The summed E-state index contributed by atoms with van der Waals surface area (Å²) in [6, 6.07) is 71.0. The molecule has 0 N–H and O–H groups in total. The van der Waals surface area contributed by atoms with Crippen LogP contribution in [0.4, 0.5) is 34.1 Å². The molecule has 10 rings (SSSR count). The van der Waals surface area contributed by atoms with E-state index in [-0.39, 0.29) is 29.0 Å². The maximum atomic E-state index is 2.43. The molecule has 0 fully saturated rings. The van der Waals surface area contributed by atoms with Gasteiger partial charge in [-0.1, -0.05) is 0 Å². The van der Waals surface area contributed by atoms with Gasteiger partial charge in [0.05, 0.1) is 0 Å². The molecule has 4 heteroatoms. The van der Waals surface area contributed by atoms with Crippen molar-refractivity contribution in [3.63, 3.8) is 0 Å². The van der Waals surface area contributed by atoms with Gasteiger partial charge in [0.25, 0.3) is 0 Å². The molecule has 0 saturated heterocycles. The summed E-state index contributed by atoms with van der Waals surface area (Å²) in [5.41, 5.74) is 9.55. The standard InChI is InChI=1S/C48H32N2Se2/c1-3-13-35(14-4-1)49(43-21-11-19-41-39-17-7-9-23-45(39)51-47(41)43)37-29-25-33(26-30-37)34-27-31-38(32-28-34)50(36-15-5-2-6-16-36)44-22-12-20-42-40-18-8-10-24-46(40)52-48(42)44/h1-32H. The van der Waals surface area contributed by atoms with Gasteiger partial charge in [0.2, 0.25) is 0 Å². The SMILES string of the molecule is c1ccc(N(c2ccc(-c3ccc(N(c4ccccc4)c4cccc5c4[se]c4ccccc45)cc3)cc2)c2cccc3c2[se]c2ccccc23)cc1. The summed E-state index contributed by atoms with van der Waals surface area (Å²) >= 11 is 0.491. The molecule has 0 bridgehead atoms. The van der Waals surface area contributed by atoms with Gasteiger partial charge in [0.15, 0.2) is 0 Å². The zero-order chi connectivity index (χ0) is 34.4. The van der Waals surface area contributed by atoms with Crippen molar-refractivity contribution in [1.82, 2.24) is 0 Å². The average molecular weight is 795 g/mol. The molecule has 2 nitrogen and oxygen atoms in total. The molecule has 0 spiro atoms. The quantitative estimate of drug-likeness (QED) is 0.148. The second-order valence-corrected chi connectivity index (χ2v) is 17.4. The molecule has 0 unspecified atom stereocenters. The van der Waals surface area contributed by atoms with Crippen molar-refractivity contribution in [2.75, 3.05) is 9.80 Å². The third kappa shape index (κ3) is 5.40. The van der Waals surface area contributed by atoms with Crippen LogP contribution in [0.5, 0.6) is 0 Å². The molecule has 0 radical (unpaired) electrons. The molecule has 0 atom stereocenters. The fourth-order valence-corrected chi connectivity index (χ4v) is 12.5. The predicted octanol–water partition coefficient (Wildman–Crippen LogP) is 13.0. The van der Waals surface area contributed by atoms with E-state index in [1.807, 2.05) is 0 Å². The summed E-state index contributed by atoms with van der Waals surface area (Å²) in [6.45, 7) is 0. The number of hydrogen-bond donors (Lipinski definition) is 0. The molecule has 10 aromatic rings. The first-order valence-electron chi connectivity index (χ1n) is 17.5. The van der Waals surface area contributed by atoms with E-state index in [2.05, 4.69) is 204 Å². The summed E-state index contributed by atoms with van der Waals surface area (Å²) in [5, 5.41) is 5.47. The monoisotopic (exact) mass is 796 g/mol. The third-order valence-corrected chi connectivity index (χ3v) is 14.9. The molecule has 0 amide bonds. The van der Waals surface area contributed by atoms with Crippen LogP contribution in [0.1, 0.15) is 0 Å². The number of para-hydroxylation sites is 2. The van der Waals surface area contributed by atoms with Gasteiger partial charge in [0.1, 0.15) is 0 Å². The molecular weight excluding hydrogens is 762 g/mol. The second-order valence-electron chi connectivity index (χ2n) is 12.9. The minimum absolute atomic E-state index is 0.246. The van der Waals surface area contributed by atoms with Crippen LogP contribution in [-0.4, -0.2) is 29.0 Å². The first-order valence-corrected chi connectivity index (χ1v) is 20.9. The topological polar surface area (TPSA) is 6.48 Å². The molecule has 0 aliphatic heterocycles. The van der Waals surface area contributed by atoms with Crippen molar-refractivity contribution >= 4 is 102 Å². The Balaban J connectivity index is 1.03. The molecule has 2 heterocycles. The summed E-state index contributed by atoms with van der Waals surface area (Å²) in [4.78, 5) is 4.85. The summed E-state index contributed by atoms with van der Waals surface area (Å²) in [7, 11) is 0. The van der Waals surface area contributed by atoms with Gasteiger partial charge >= 0.3 is 317 Å². The van der Waals surface area contributed by atoms with Crippen LogP contribution >= 0.6 is 0 Å². The number of benzene rings is 8. The predicted molar refractivity (Wildman–Crippen MR) is 225 cm³/mol. The van der Waals surface area contributed by atoms with Crippen LogP contribution in [0, 0.1) is 0 Å². The Kier molecular flexibility index (Phi) is 7.90. The molecule has 0 saturated carbocycles. The molecule has 246 valence electrons. The normalized spacial score (nSPS) is 11.5. The molecule has 52 heavy (non-hydrogen) atoms. The Labute approximate surface area is 314 Å². The van der Waals surface area contributed by atoms with Crippen molar-refractivity contribution in [3.05, 3.63) is 194 Å². The van der Waals surface area contributed by atoms with Crippen LogP contribution in [0.3, 0.4) is 0 Å². The molecular formula is C48H32N2Se2. The maximum absolute atomic E-state index is 2.43. The van der Waals surface area contributed by atoms with E-state index in [1.54, 1.807) is 0 Å². The number of anilines is 6. The van der Waals surface area contributed by atoms with Gasteiger partial charge in [-0.15, -0.1) is 0 Å². The fourth-order valence-electron chi connectivity index (χ4n) is 7.43. The fraction of sp³-hybridized carbons (Fsp3) is 0. The van der Waals surface area contributed by atoms with E-state index in [9.17, 15) is 0 Å². The van der Waals surface area contributed by atoms with E-state index < -0.39 is 0 Å². The van der Waals surface area contributed by atoms with E-state index in [1.165, 1.54) is 61.1 Å². The van der Waals surface area contributed by atoms with Crippen LogP contribution in [0.15, 0.2) is 194 Å². The van der Waals surface area contributed by atoms with Gasteiger partial charge in [-0.2, -0.15) is 0 Å². The zero-order valence-corrected chi connectivity index (χ0v) is 31.6. The van der Waals surface area contributed by atoms with Crippen molar-refractivity contribution in [2.45, 2.75) is 0 Å².